The third-order valence-electron chi connectivity index (χ3n) is 1.74. The molecule has 0 saturated heterocycles. The molecule has 3 nitrogen and oxygen atoms in total. The number of methoxy groups -OCH3 is 1. The van der Waals surface area contributed by atoms with Gasteiger partial charge in [0.25, 0.3) is 0 Å². The molecule has 12 heavy (non-hydrogen) atoms. The predicted octanol–water partition coefficient (Wildman–Crippen LogP) is 1.60. The van der Waals surface area contributed by atoms with Crippen molar-refractivity contribution < 1.29 is 14.7 Å². The quantitative estimate of drug-likeness (QED) is 0.590. The van der Waals surface area contributed by atoms with Crippen molar-refractivity contribution in [3.8, 4) is 5.75 Å². The van der Waals surface area contributed by atoms with Crippen molar-refractivity contribution in [3.63, 3.8) is 0 Å². The lowest BCUT2D eigenvalue weighted by Crippen LogP contribution is -2.34. The zero-order valence-corrected chi connectivity index (χ0v) is 8.84. The standard InChI is InChI=1S/C8H11BrNO2/c1-5-4-10(11)6(2)7(9)8(5)12-3/h4,11H,1-3H3/q+1. The monoisotopic (exact) mass is 232 g/mol. The minimum atomic E-state index is 0.720. The van der Waals surface area contributed by atoms with Crippen LogP contribution in [0.15, 0.2) is 10.7 Å². The van der Waals surface area contributed by atoms with Crippen LogP contribution in [0, 0.1) is 13.8 Å². The van der Waals surface area contributed by atoms with Crippen molar-refractivity contribution in [2.24, 2.45) is 0 Å². The van der Waals surface area contributed by atoms with E-state index in [0.29, 0.717) is 0 Å². The van der Waals surface area contributed by atoms with E-state index in [1.807, 2.05) is 6.92 Å². The van der Waals surface area contributed by atoms with Crippen molar-refractivity contribution in [3.05, 3.63) is 21.9 Å². The highest BCUT2D eigenvalue weighted by atomic mass is 79.9. The molecule has 0 atom stereocenters. The second-order valence-electron chi connectivity index (χ2n) is 2.59. The van der Waals surface area contributed by atoms with Gasteiger partial charge in [-0.05, 0) is 22.9 Å². The SMILES string of the molecule is COc1c(C)c[n+](O)c(C)c1Br. The topological polar surface area (TPSA) is 33.3 Å². The van der Waals surface area contributed by atoms with Crippen LogP contribution < -0.4 is 9.47 Å². The molecule has 4 heteroatoms. The van der Waals surface area contributed by atoms with Crippen LogP contribution in [-0.2, 0) is 0 Å². The normalized spacial score (nSPS) is 10.0. The fourth-order valence-electron chi connectivity index (χ4n) is 1.03. The van der Waals surface area contributed by atoms with Gasteiger partial charge in [0.05, 0.1) is 12.7 Å². The largest absolute Gasteiger partial charge is 0.495 e. The summed E-state index contributed by atoms with van der Waals surface area (Å²) in [5, 5.41) is 9.33. The van der Waals surface area contributed by atoms with Crippen molar-refractivity contribution in [1.29, 1.82) is 0 Å². The van der Waals surface area contributed by atoms with E-state index in [9.17, 15) is 5.21 Å². The molecule has 0 aromatic carbocycles. The van der Waals surface area contributed by atoms with Gasteiger partial charge in [-0.25, -0.2) is 0 Å². The molecule has 0 bridgehead atoms. The number of halogens is 1. The van der Waals surface area contributed by atoms with Crippen molar-refractivity contribution in [2.75, 3.05) is 7.11 Å². The Kier molecular flexibility index (Phi) is 2.57. The van der Waals surface area contributed by atoms with E-state index in [1.165, 1.54) is 0 Å². The molecule has 1 aromatic rings. The molecule has 1 heterocycles. The number of aromatic nitrogens is 1. The van der Waals surface area contributed by atoms with Crippen molar-refractivity contribution in [2.45, 2.75) is 13.8 Å². The lowest BCUT2D eigenvalue weighted by molar-refractivity contribution is -0.909. The third kappa shape index (κ3) is 1.39. The molecule has 0 saturated carbocycles. The van der Waals surface area contributed by atoms with E-state index < -0.39 is 0 Å². The number of hydrogen-bond acceptors (Lipinski definition) is 2. The highest BCUT2D eigenvalue weighted by Crippen LogP contribution is 2.28. The lowest BCUT2D eigenvalue weighted by atomic mass is 10.2. The zero-order chi connectivity index (χ0) is 9.30. The number of hydrogen-bond donors (Lipinski definition) is 1. The maximum Gasteiger partial charge on any atom is 0.248 e. The number of rotatable bonds is 1. The van der Waals surface area contributed by atoms with Gasteiger partial charge in [-0.15, -0.1) is 0 Å². The van der Waals surface area contributed by atoms with Crippen molar-refractivity contribution in [1.82, 2.24) is 0 Å². The Morgan fingerprint density at radius 3 is 2.58 bits per heavy atom. The molecule has 0 amide bonds. The lowest BCUT2D eigenvalue weighted by Gasteiger charge is -2.05. The Hall–Kier alpha value is -0.770. The number of nitrogens with zero attached hydrogens (tertiary/aromatic N) is 1. The van der Waals surface area contributed by atoms with Gasteiger partial charge in [0.2, 0.25) is 11.9 Å². The average Bonchev–Trinajstić information content (AvgIpc) is 2.01. The molecule has 0 fully saturated rings. The van der Waals surface area contributed by atoms with E-state index in [4.69, 9.17) is 4.74 Å². The number of ether oxygens (including phenoxy) is 1. The molecule has 1 N–H and O–H groups in total. The van der Waals surface area contributed by atoms with Gasteiger partial charge in [0, 0.05) is 11.7 Å². The van der Waals surface area contributed by atoms with Crippen molar-refractivity contribution >= 4 is 15.9 Å². The summed E-state index contributed by atoms with van der Waals surface area (Å²) < 4.78 is 7.00. The highest BCUT2D eigenvalue weighted by molar-refractivity contribution is 9.10. The fraction of sp³-hybridized carbons (Fsp3) is 0.375. The maximum absolute atomic E-state index is 9.33. The molecule has 0 unspecified atom stereocenters. The zero-order valence-electron chi connectivity index (χ0n) is 7.26. The summed E-state index contributed by atoms with van der Waals surface area (Å²) >= 11 is 3.34. The third-order valence-corrected chi connectivity index (χ3v) is 2.67. The molecule has 1 rings (SSSR count). The first kappa shape index (κ1) is 9.32. The maximum atomic E-state index is 9.33. The van der Waals surface area contributed by atoms with E-state index >= 15 is 0 Å². The van der Waals surface area contributed by atoms with E-state index in [1.54, 1.807) is 20.2 Å². The number of aryl methyl sites for hydroxylation is 1. The molecule has 0 spiro atoms. The van der Waals surface area contributed by atoms with Crippen LogP contribution in [-0.4, -0.2) is 12.3 Å². The van der Waals surface area contributed by atoms with Crippen LogP contribution in [0.4, 0.5) is 0 Å². The minimum Gasteiger partial charge on any atom is -0.495 e. The van der Waals surface area contributed by atoms with Gasteiger partial charge < -0.3 is 4.74 Å². The molecule has 0 aliphatic heterocycles. The first-order valence-electron chi connectivity index (χ1n) is 3.52. The average molecular weight is 233 g/mol. The smallest absolute Gasteiger partial charge is 0.248 e. The van der Waals surface area contributed by atoms with Crippen LogP contribution in [0.2, 0.25) is 0 Å². The molecular weight excluding hydrogens is 222 g/mol. The van der Waals surface area contributed by atoms with Crippen LogP contribution in [0.3, 0.4) is 0 Å². The first-order valence-corrected chi connectivity index (χ1v) is 4.31. The molecule has 66 valence electrons. The summed E-state index contributed by atoms with van der Waals surface area (Å²) in [7, 11) is 1.61. The van der Waals surface area contributed by atoms with E-state index in [0.717, 1.165) is 26.2 Å². The van der Waals surface area contributed by atoms with Crippen LogP contribution in [0.25, 0.3) is 0 Å². The van der Waals surface area contributed by atoms with E-state index in [2.05, 4.69) is 15.9 Å². The predicted molar refractivity (Wildman–Crippen MR) is 47.5 cm³/mol. The molecule has 0 aliphatic carbocycles. The fourth-order valence-corrected chi connectivity index (χ4v) is 1.68. The summed E-state index contributed by atoms with van der Waals surface area (Å²) in [6.07, 6.45) is 1.61. The van der Waals surface area contributed by atoms with Gasteiger partial charge in [-0.3, -0.25) is 5.21 Å². The first-order chi connectivity index (χ1) is 5.57. The highest BCUT2D eigenvalue weighted by Gasteiger charge is 2.17. The summed E-state index contributed by atoms with van der Waals surface area (Å²) in [4.78, 5) is 0. The second kappa shape index (κ2) is 3.31. The Morgan fingerprint density at radius 1 is 1.50 bits per heavy atom. The molecule has 0 aliphatic rings. The van der Waals surface area contributed by atoms with Gasteiger partial charge in [0.1, 0.15) is 10.2 Å². The second-order valence-corrected chi connectivity index (χ2v) is 3.38. The Morgan fingerprint density at radius 2 is 2.08 bits per heavy atom. The summed E-state index contributed by atoms with van der Waals surface area (Å²) in [6.45, 7) is 3.67. The van der Waals surface area contributed by atoms with Gasteiger partial charge in [-0.2, -0.15) is 0 Å². The van der Waals surface area contributed by atoms with Crippen LogP contribution in [0.5, 0.6) is 5.75 Å². The van der Waals surface area contributed by atoms with Crippen LogP contribution >= 0.6 is 15.9 Å². The minimum absolute atomic E-state index is 0.720. The summed E-state index contributed by atoms with van der Waals surface area (Å²) in [5.74, 6) is 0.762. The summed E-state index contributed by atoms with van der Waals surface area (Å²) in [6, 6.07) is 0. The Bertz CT molecular complexity index is 312. The Labute approximate surface area is 79.7 Å². The van der Waals surface area contributed by atoms with E-state index in [-0.39, 0.29) is 0 Å². The molecule has 0 radical (unpaired) electrons. The molecule has 1 aromatic heterocycles. The number of pyridine rings is 1. The van der Waals surface area contributed by atoms with Gasteiger partial charge in [-0.1, -0.05) is 0 Å². The molecular formula is C8H11BrNO2+. The van der Waals surface area contributed by atoms with Gasteiger partial charge >= 0.3 is 0 Å². The van der Waals surface area contributed by atoms with Gasteiger partial charge in [0.15, 0.2) is 0 Å². The van der Waals surface area contributed by atoms with Crippen LogP contribution in [0.1, 0.15) is 11.3 Å². The summed E-state index contributed by atoms with van der Waals surface area (Å²) in [5.41, 5.74) is 1.61. The Balaban J connectivity index is 3.40.